The molecular weight excluding hydrogens is 236 g/mol. The quantitative estimate of drug-likeness (QED) is 0.803. The molecule has 0 aromatic heterocycles. The summed E-state index contributed by atoms with van der Waals surface area (Å²) in [5.74, 6) is 1.28. The molecule has 0 aromatic rings. The fourth-order valence-corrected chi connectivity index (χ4v) is 3.91. The van der Waals surface area contributed by atoms with Crippen LogP contribution in [0.5, 0.6) is 0 Å². The monoisotopic (exact) mass is 268 g/mol. The van der Waals surface area contributed by atoms with Gasteiger partial charge in [0.1, 0.15) is 0 Å². The SMILES string of the molecule is CCN1CCCC(C(C)NC2CCCCC2CO)C1. The third kappa shape index (κ3) is 4.17. The number of nitrogens with zero attached hydrogens (tertiary/aromatic N) is 1. The van der Waals surface area contributed by atoms with Gasteiger partial charge in [-0.25, -0.2) is 0 Å². The van der Waals surface area contributed by atoms with Crippen LogP contribution in [0.25, 0.3) is 0 Å². The van der Waals surface area contributed by atoms with Gasteiger partial charge < -0.3 is 15.3 Å². The largest absolute Gasteiger partial charge is 0.396 e. The number of hydrogen-bond donors (Lipinski definition) is 2. The van der Waals surface area contributed by atoms with E-state index in [1.807, 2.05) is 0 Å². The Morgan fingerprint density at radius 2 is 2.00 bits per heavy atom. The van der Waals surface area contributed by atoms with E-state index >= 15 is 0 Å². The number of hydrogen-bond acceptors (Lipinski definition) is 3. The van der Waals surface area contributed by atoms with Crippen LogP contribution >= 0.6 is 0 Å². The third-order valence-electron chi connectivity index (χ3n) is 5.32. The van der Waals surface area contributed by atoms with Crippen molar-refractivity contribution in [1.29, 1.82) is 0 Å². The number of aliphatic hydroxyl groups excluding tert-OH is 1. The van der Waals surface area contributed by atoms with Crippen molar-refractivity contribution in [2.75, 3.05) is 26.2 Å². The Morgan fingerprint density at radius 1 is 1.21 bits per heavy atom. The lowest BCUT2D eigenvalue weighted by Crippen LogP contribution is -2.50. The molecule has 1 aliphatic heterocycles. The van der Waals surface area contributed by atoms with Crippen molar-refractivity contribution >= 4 is 0 Å². The van der Waals surface area contributed by atoms with Crippen molar-refractivity contribution in [1.82, 2.24) is 10.2 Å². The van der Waals surface area contributed by atoms with Crippen LogP contribution in [0.2, 0.25) is 0 Å². The average Bonchev–Trinajstić information content (AvgIpc) is 2.47. The molecule has 3 nitrogen and oxygen atoms in total. The highest BCUT2D eigenvalue weighted by molar-refractivity contribution is 4.86. The second kappa shape index (κ2) is 7.61. The van der Waals surface area contributed by atoms with Gasteiger partial charge in [0.2, 0.25) is 0 Å². The molecule has 0 radical (unpaired) electrons. The van der Waals surface area contributed by atoms with Gasteiger partial charge >= 0.3 is 0 Å². The minimum atomic E-state index is 0.357. The van der Waals surface area contributed by atoms with Crippen molar-refractivity contribution in [3.63, 3.8) is 0 Å². The van der Waals surface area contributed by atoms with Crippen LogP contribution in [0.3, 0.4) is 0 Å². The Hall–Kier alpha value is -0.120. The van der Waals surface area contributed by atoms with Gasteiger partial charge in [-0.05, 0) is 57.5 Å². The number of nitrogens with one attached hydrogen (secondary N) is 1. The molecule has 0 amide bonds. The van der Waals surface area contributed by atoms with Crippen LogP contribution in [0, 0.1) is 11.8 Å². The molecule has 19 heavy (non-hydrogen) atoms. The minimum absolute atomic E-state index is 0.357. The zero-order valence-corrected chi connectivity index (χ0v) is 12.8. The van der Waals surface area contributed by atoms with Crippen molar-refractivity contribution < 1.29 is 5.11 Å². The Kier molecular flexibility index (Phi) is 6.11. The zero-order chi connectivity index (χ0) is 13.7. The number of rotatable bonds is 5. The Labute approximate surface area is 118 Å². The van der Waals surface area contributed by atoms with Crippen LogP contribution in [0.1, 0.15) is 52.4 Å². The smallest absolute Gasteiger partial charge is 0.0474 e. The summed E-state index contributed by atoms with van der Waals surface area (Å²) in [7, 11) is 0. The van der Waals surface area contributed by atoms with Crippen LogP contribution in [0.4, 0.5) is 0 Å². The molecule has 1 aliphatic carbocycles. The van der Waals surface area contributed by atoms with Gasteiger partial charge in [-0.3, -0.25) is 0 Å². The maximum Gasteiger partial charge on any atom is 0.0474 e. The molecule has 1 saturated heterocycles. The molecule has 2 rings (SSSR count). The molecule has 1 saturated carbocycles. The second-order valence-electron chi connectivity index (χ2n) is 6.58. The zero-order valence-electron chi connectivity index (χ0n) is 12.8. The van der Waals surface area contributed by atoms with Gasteiger partial charge in [-0.1, -0.05) is 19.8 Å². The van der Waals surface area contributed by atoms with Crippen molar-refractivity contribution in [3.8, 4) is 0 Å². The second-order valence-corrected chi connectivity index (χ2v) is 6.58. The number of aliphatic hydroxyl groups is 1. The lowest BCUT2D eigenvalue weighted by Gasteiger charge is -2.39. The summed E-state index contributed by atoms with van der Waals surface area (Å²) in [5.41, 5.74) is 0. The molecule has 0 spiro atoms. The standard InChI is InChI=1S/C16H32N2O/c1-3-18-10-6-8-14(11-18)13(2)17-16-9-5-4-7-15(16)12-19/h13-17,19H,3-12H2,1-2H3. The Morgan fingerprint density at radius 3 is 2.74 bits per heavy atom. The van der Waals surface area contributed by atoms with Gasteiger partial charge in [0.15, 0.2) is 0 Å². The minimum Gasteiger partial charge on any atom is -0.396 e. The summed E-state index contributed by atoms with van der Waals surface area (Å²) in [4.78, 5) is 2.58. The van der Waals surface area contributed by atoms with E-state index in [4.69, 9.17) is 0 Å². The highest BCUT2D eigenvalue weighted by Gasteiger charge is 2.29. The predicted octanol–water partition coefficient (Wildman–Crippen LogP) is 2.25. The number of likely N-dealkylation sites (tertiary alicyclic amines) is 1. The maximum absolute atomic E-state index is 9.52. The summed E-state index contributed by atoms with van der Waals surface area (Å²) >= 11 is 0. The molecule has 2 N–H and O–H groups in total. The fraction of sp³-hybridized carbons (Fsp3) is 1.00. The first kappa shape index (κ1) is 15.3. The van der Waals surface area contributed by atoms with E-state index < -0.39 is 0 Å². The van der Waals surface area contributed by atoms with Gasteiger partial charge in [0.05, 0.1) is 0 Å². The molecule has 0 aromatic carbocycles. The van der Waals surface area contributed by atoms with E-state index in [0.29, 0.717) is 24.6 Å². The Balaban J connectivity index is 1.83. The summed E-state index contributed by atoms with van der Waals surface area (Å²) in [6.45, 7) is 8.70. The van der Waals surface area contributed by atoms with E-state index in [1.165, 1.54) is 58.2 Å². The molecule has 112 valence electrons. The Bertz CT molecular complexity index is 259. The lowest BCUT2D eigenvalue weighted by atomic mass is 9.83. The molecular formula is C16H32N2O. The van der Waals surface area contributed by atoms with Gasteiger partial charge in [-0.15, -0.1) is 0 Å². The van der Waals surface area contributed by atoms with E-state index in [0.717, 1.165) is 5.92 Å². The molecule has 0 bridgehead atoms. The first-order valence-corrected chi connectivity index (χ1v) is 8.33. The van der Waals surface area contributed by atoms with Crippen LogP contribution in [0.15, 0.2) is 0 Å². The fourth-order valence-electron chi connectivity index (χ4n) is 3.91. The predicted molar refractivity (Wildman–Crippen MR) is 80.3 cm³/mol. The van der Waals surface area contributed by atoms with Gasteiger partial charge in [0.25, 0.3) is 0 Å². The first-order valence-electron chi connectivity index (χ1n) is 8.33. The highest BCUT2D eigenvalue weighted by atomic mass is 16.3. The number of piperidine rings is 1. The topological polar surface area (TPSA) is 35.5 Å². The molecule has 2 aliphatic rings. The first-order chi connectivity index (χ1) is 9.24. The molecule has 3 heteroatoms. The van der Waals surface area contributed by atoms with Crippen LogP contribution in [-0.2, 0) is 0 Å². The van der Waals surface area contributed by atoms with Crippen molar-refractivity contribution in [2.24, 2.45) is 11.8 Å². The summed E-state index contributed by atoms with van der Waals surface area (Å²) < 4.78 is 0. The third-order valence-corrected chi connectivity index (χ3v) is 5.32. The van der Waals surface area contributed by atoms with Crippen molar-refractivity contribution in [2.45, 2.75) is 64.5 Å². The van der Waals surface area contributed by atoms with E-state index in [9.17, 15) is 5.11 Å². The summed E-state index contributed by atoms with van der Waals surface area (Å²) in [6.07, 6.45) is 7.78. The molecule has 2 fully saturated rings. The summed E-state index contributed by atoms with van der Waals surface area (Å²) in [5, 5.41) is 13.4. The van der Waals surface area contributed by atoms with Gasteiger partial charge in [-0.2, -0.15) is 0 Å². The average molecular weight is 268 g/mol. The van der Waals surface area contributed by atoms with E-state index in [-0.39, 0.29) is 0 Å². The molecule has 4 unspecified atom stereocenters. The lowest BCUT2D eigenvalue weighted by molar-refractivity contribution is 0.117. The normalized spacial score (nSPS) is 35.2. The van der Waals surface area contributed by atoms with Crippen LogP contribution in [-0.4, -0.2) is 48.3 Å². The molecule has 4 atom stereocenters. The molecule has 1 heterocycles. The van der Waals surface area contributed by atoms with Gasteiger partial charge in [0, 0.05) is 25.2 Å². The van der Waals surface area contributed by atoms with Crippen LogP contribution < -0.4 is 5.32 Å². The highest BCUT2D eigenvalue weighted by Crippen LogP contribution is 2.26. The van der Waals surface area contributed by atoms with E-state index in [1.54, 1.807) is 0 Å². The van der Waals surface area contributed by atoms with E-state index in [2.05, 4.69) is 24.1 Å². The summed E-state index contributed by atoms with van der Waals surface area (Å²) in [6, 6.07) is 1.14. The van der Waals surface area contributed by atoms with Crippen molar-refractivity contribution in [3.05, 3.63) is 0 Å². The maximum atomic E-state index is 9.52.